The summed E-state index contributed by atoms with van der Waals surface area (Å²) in [5, 5.41) is 8.14. The molecular formula is C13H22N2OS. The Morgan fingerprint density at radius 2 is 1.82 bits per heavy atom. The van der Waals surface area contributed by atoms with Crippen molar-refractivity contribution in [2.24, 2.45) is 5.92 Å². The van der Waals surface area contributed by atoms with E-state index < -0.39 is 0 Å². The van der Waals surface area contributed by atoms with E-state index in [9.17, 15) is 0 Å². The minimum absolute atomic E-state index is 0.262. The summed E-state index contributed by atoms with van der Waals surface area (Å²) in [6, 6.07) is 0. The number of rotatable bonds is 2. The lowest BCUT2D eigenvalue weighted by atomic mass is 10.0. The maximum atomic E-state index is 8.14. The number of hydrogen-bond donors (Lipinski definition) is 1. The second kappa shape index (κ2) is 3.69. The first kappa shape index (κ1) is 12.8. The van der Waals surface area contributed by atoms with E-state index in [-0.39, 0.29) is 11.2 Å². The molecule has 0 unspecified atom stereocenters. The molecule has 0 amide bonds. The number of aromatic nitrogens is 1. The molecule has 3 nitrogen and oxygen atoms in total. The zero-order valence-electron chi connectivity index (χ0n) is 11.5. The monoisotopic (exact) mass is 254 g/mol. The largest absolute Gasteiger partial charge is 0.358 e. The van der Waals surface area contributed by atoms with Gasteiger partial charge in [0.1, 0.15) is 5.60 Å². The Labute approximate surface area is 107 Å². The van der Waals surface area contributed by atoms with Crippen LogP contribution in [0.1, 0.15) is 52.1 Å². The van der Waals surface area contributed by atoms with Crippen molar-refractivity contribution in [1.82, 2.24) is 4.57 Å². The van der Waals surface area contributed by atoms with Crippen LogP contribution in [0.2, 0.25) is 0 Å². The Kier molecular flexibility index (Phi) is 2.79. The van der Waals surface area contributed by atoms with E-state index in [2.05, 4.69) is 46.1 Å². The highest BCUT2D eigenvalue weighted by atomic mass is 32.1. The normalized spacial score (nSPS) is 20.9. The van der Waals surface area contributed by atoms with E-state index in [1.165, 1.54) is 10.6 Å². The summed E-state index contributed by atoms with van der Waals surface area (Å²) in [5.41, 5.74) is 0.650. The van der Waals surface area contributed by atoms with Crippen molar-refractivity contribution in [1.29, 1.82) is 5.41 Å². The van der Waals surface area contributed by atoms with Crippen molar-refractivity contribution >= 4 is 11.3 Å². The summed E-state index contributed by atoms with van der Waals surface area (Å²) in [6.45, 7) is 13.7. The fraction of sp³-hybridized carbons (Fsp3) is 0.769. The average Bonchev–Trinajstić information content (AvgIpc) is 2.49. The number of hydrogen-bond acceptors (Lipinski definition) is 3. The van der Waals surface area contributed by atoms with Crippen LogP contribution in [0.15, 0.2) is 0 Å². The summed E-state index contributed by atoms with van der Waals surface area (Å²) < 4.78 is 8.25. The third-order valence-electron chi connectivity index (χ3n) is 3.10. The van der Waals surface area contributed by atoms with Gasteiger partial charge in [-0.3, -0.25) is 5.41 Å². The van der Waals surface area contributed by atoms with E-state index in [0.29, 0.717) is 10.7 Å². The molecule has 2 rings (SSSR count). The maximum absolute atomic E-state index is 8.14. The molecule has 0 aliphatic carbocycles. The van der Waals surface area contributed by atoms with E-state index in [1.54, 1.807) is 11.3 Å². The fourth-order valence-corrected chi connectivity index (χ4v) is 3.91. The quantitative estimate of drug-likeness (QED) is 0.865. The Morgan fingerprint density at radius 1 is 1.24 bits per heavy atom. The van der Waals surface area contributed by atoms with Crippen LogP contribution in [0.5, 0.6) is 0 Å². The van der Waals surface area contributed by atoms with Crippen molar-refractivity contribution in [3.05, 3.63) is 15.4 Å². The zero-order chi connectivity index (χ0) is 13.0. The van der Waals surface area contributed by atoms with E-state index in [0.717, 1.165) is 6.54 Å². The summed E-state index contributed by atoms with van der Waals surface area (Å²) in [6.07, 6.45) is 0. The molecule has 0 spiro atoms. The first-order valence-corrected chi connectivity index (χ1v) is 6.96. The molecule has 0 atom stereocenters. The number of nitrogens with one attached hydrogen (secondary N) is 1. The van der Waals surface area contributed by atoms with E-state index in [1.807, 2.05) is 0 Å². The molecular weight excluding hydrogens is 232 g/mol. The summed E-state index contributed by atoms with van der Waals surface area (Å²) in [4.78, 5) is 1.86. The van der Waals surface area contributed by atoms with Crippen LogP contribution >= 0.6 is 11.3 Å². The van der Waals surface area contributed by atoms with Gasteiger partial charge in [0.25, 0.3) is 0 Å². The van der Waals surface area contributed by atoms with Crippen molar-refractivity contribution in [3.8, 4) is 0 Å². The van der Waals surface area contributed by atoms with Crippen molar-refractivity contribution < 1.29 is 4.74 Å². The van der Waals surface area contributed by atoms with Gasteiger partial charge < -0.3 is 9.30 Å². The van der Waals surface area contributed by atoms with Gasteiger partial charge in [-0.1, -0.05) is 25.2 Å². The van der Waals surface area contributed by atoms with Gasteiger partial charge in [-0.05, 0) is 33.6 Å². The second-order valence-corrected chi connectivity index (χ2v) is 7.21. The lowest BCUT2D eigenvalue weighted by molar-refractivity contribution is -0.106. The van der Waals surface area contributed by atoms with E-state index in [4.69, 9.17) is 10.1 Å². The maximum Gasteiger partial charge on any atom is 0.182 e. The van der Waals surface area contributed by atoms with Crippen LogP contribution < -0.4 is 4.80 Å². The minimum Gasteiger partial charge on any atom is -0.358 e. The molecule has 17 heavy (non-hydrogen) atoms. The van der Waals surface area contributed by atoms with Crippen LogP contribution in [0.25, 0.3) is 0 Å². The highest BCUT2D eigenvalue weighted by Crippen LogP contribution is 2.47. The van der Waals surface area contributed by atoms with E-state index >= 15 is 0 Å². The smallest absolute Gasteiger partial charge is 0.182 e. The fourth-order valence-electron chi connectivity index (χ4n) is 2.70. The molecule has 0 aromatic carbocycles. The van der Waals surface area contributed by atoms with Crippen molar-refractivity contribution in [3.63, 3.8) is 0 Å². The summed E-state index contributed by atoms with van der Waals surface area (Å²) in [5.74, 6) is 0.544. The molecule has 1 aromatic rings. The molecule has 0 bridgehead atoms. The minimum atomic E-state index is -0.288. The molecule has 1 aliphatic heterocycles. The van der Waals surface area contributed by atoms with Gasteiger partial charge in [-0.15, -0.1) is 0 Å². The van der Waals surface area contributed by atoms with Gasteiger partial charge >= 0.3 is 0 Å². The van der Waals surface area contributed by atoms with Crippen LogP contribution in [0.4, 0.5) is 0 Å². The molecule has 0 fully saturated rings. The lowest BCUT2D eigenvalue weighted by Crippen LogP contribution is -2.29. The Balaban J connectivity index is 2.63. The average molecular weight is 254 g/mol. The van der Waals surface area contributed by atoms with Crippen LogP contribution in [-0.4, -0.2) is 4.57 Å². The molecule has 1 aromatic heterocycles. The zero-order valence-corrected chi connectivity index (χ0v) is 12.4. The van der Waals surface area contributed by atoms with Gasteiger partial charge in [0, 0.05) is 6.54 Å². The molecule has 0 saturated heterocycles. The number of ether oxygens (including phenoxy) is 1. The Hall–Kier alpha value is -0.610. The predicted molar refractivity (Wildman–Crippen MR) is 70.1 cm³/mol. The number of nitrogens with zero attached hydrogens (tertiary/aromatic N) is 1. The molecule has 4 heteroatoms. The second-order valence-electron chi connectivity index (χ2n) is 6.21. The molecule has 0 radical (unpaired) electrons. The third-order valence-corrected chi connectivity index (χ3v) is 4.41. The summed E-state index contributed by atoms with van der Waals surface area (Å²) in [7, 11) is 0. The van der Waals surface area contributed by atoms with Gasteiger partial charge in [0.15, 0.2) is 4.80 Å². The highest BCUT2D eigenvalue weighted by molar-refractivity contribution is 7.09. The van der Waals surface area contributed by atoms with Crippen LogP contribution in [0.3, 0.4) is 0 Å². The van der Waals surface area contributed by atoms with Crippen molar-refractivity contribution in [2.75, 3.05) is 0 Å². The highest BCUT2D eigenvalue weighted by Gasteiger charge is 2.46. The number of fused-ring (bicyclic) bond motifs is 1. The first-order chi connectivity index (χ1) is 7.65. The molecule has 0 saturated carbocycles. The van der Waals surface area contributed by atoms with Gasteiger partial charge in [-0.2, -0.15) is 0 Å². The molecule has 96 valence electrons. The number of thiazole rings is 1. The van der Waals surface area contributed by atoms with Crippen LogP contribution in [-0.2, 0) is 22.5 Å². The van der Waals surface area contributed by atoms with Crippen LogP contribution in [0, 0.1) is 11.3 Å². The van der Waals surface area contributed by atoms with Gasteiger partial charge in [0.05, 0.1) is 16.2 Å². The SMILES string of the molecule is CC(C)Cn1c2c(sc1=N)C(C)(C)OC2(C)C. The topological polar surface area (TPSA) is 38.0 Å². The van der Waals surface area contributed by atoms with Gasteiger partial charge in [0.2, 0.25) is 0 Å². The molecule has 2 heterocycles. The molecule has 1 aliphatic rings. The predicted octanol–water partition coefficient (Wildman–Crippen LogP) is 3.19. The van der Waals surface area contributed by atoms with Gasteiger partial charge in [-0.25, -0.2) is 0 Å². The molecule has 1 N–H and O–H groups in total. The lowest BCUT2D eigenvalue weighted by Gasteiger charge is -2.26. The Morgan fingerprint density at radius 3 is 2.35 bits per heavy atom. The Bertz CT molecular complexity index is 494. The van der Waals surface area contributed by atoms with Crippen molar-refractivity contribution in [2.45, 2.75) is 59.3 Å². The summed E-state index contributed by atoms with van der Waals surface area (Å²) >= 11 is 1.56. The third kappa shape index (κ3) is 1.97. The standard InChI is InChI=1S/C13H22N2OS/c1-8(2)7-15-9-10(17-11(15)14)13(5,6)16-12(9,3)4/h8,14H,7H2,1-6H3. The first-order valence-electron chi connectivity index (χ1n) is 6.14.